The number of carbonyl (C=O) groups excluding carboxylic acids is 1. The average molecular weight is 617 g/mol. The van der Waals surface area contributed by atoms with Gasteiger partial charge >= 0.3 is 0 Å². The summed E-state index contributed by atoms with van der Waals surface area (Å²) in [6.07, 6.45) is 3.01. The number of thiazole rings is 2. The highest BCUT2D eigenvalue weighted by Crippen LogP contribution is 2.27. The fourth-order valence-electron chi connectivity index (χ4n) is 4.01. The molecular weight excluding hydrogens is 589 g/mol. The number of benzene rings is 1. The maximum absolute atomic E-state index is 13.4. The third kappa shape index (κ3) is 7.62. The second kappa shape index (κ2) is 13.4. The maximum atomic E-state index is 13.4. The summed E-state index contributed by atoms with van der Waals surface area (Å²) in [5.41, 5.74) is 0.941. The maximum Gasteiger partial charge on any atom is 0.280 e. The lowest BCUT2D eigenvalue weighted by molar-refractivity contribution is -0.110. The number of fused-ring (bicyclic) bond motifs is 1. The van der Waals surface area contributed by atoms with Crippen LogP contribution < -0.4 is 15.4 Å². The molecule has 41 heavy (non-hydrogen) atoms. The molecule has 0 aliphatic carbocycles. The third-order valence-electron chi connectivity index (χ3n) is 6.04. The Morgan fingerprint density at radius 2 is 2.05 bits per heavy atom. The van der Waals surface area contributed by atoms with Crippen LogP contribution in [0.3, 0.4) is 0 Å². The van der Waals surface area contributed by atoms with E-state index in [4.69, 9.17) is 14.3 Å². The number of methoxy groups -OCH3 is 1. The Hall–Kier alpha value is -3.50. The Kier molecular flexibility index (Phi) is 9.51. The lowest BCUT2D eigenvalue weighted by Gasteiger charge is -2.10. The number of hydrogen-bond acceptors (Lipinski definition) is 13. The summed E-state index contributed by atoms with van der Waals surface area (Å²) in [7, 11) is -1.98. The number of pyridine rings is 1. The topological polar surface area (TPSA) is 154 Å². The van der Waals surface area contributed by atoms with E-state index in [1.807, 2.05) is 5.38 Å². The van der Waals surface area contributed by atoms with Crippen LogP contribution in [0.1, 0.15) is 23.4 Å². The van der Waals surface area contributed by atoms with Gasteiger partial charge in [-0.2, -0.15) is 0 Å². The Morgan fingerprint density at radius 3 is 2.78 bits per heavy atom. The molecule has 5 rings (SSSR count). The van der Waals surface area contributed by atoms with Crippen molar-refractivity contribution in [2.75, 3.05) is 37.9 Å². The van der Waals surface area contributed by atoms with E-state index in [1.165, 1.54) is 54.0 Å². The molecule has 1 fully saturated rings. The fraction of sp³-hybridized carbons (Fsp3) is 0.346. The number of sulfone groups is 1. The van der Waals surface area contributed by atoms with Gasteiger partial charge in [0.1, 0.15) is 21.5 Å². The minimum Gasteiger partial charge on any atom is -0.473 e. The number of anilines is 1. The van der Waals surface area contributed by atoms with Crippen molar-refractivity contribution in [2.24, 2.45) is 5.16 Å². The summed E-state index contributed by atoms with van der Waals surface area (Å²) in [4.78, 5) is 32.7. The number of oxime groups is 1. The largest absolute Gasteiger partial charge is 0.473 e. The van der Waals surface area contributed by atoms with E-state index >= 15 is 0 Å². The van der Waals surface area contributed by atoms with Crippen molar-refractivity contribution in [3.05, 3.63) is 58.5 Å². The van der Waals surface area contributed by atoms with Crippen molar-refractivity contribution < 1.29 is 27.5 Å². The van der Waals surface area contributed by atoms with Gasteiger partial charge in [-0.15, -0.1) is 11.3 Å². The lowest BCUT2D eigenvalue weighted by Crippen LogP contribution is -2.24. The molecule has 0 bridgehead atoms. The first kappa shape index (κ1) is 29.0. The Labute approximate surface area is 244 Å². The van der Waals surface area contributed by atoms with Crippen LogP contribution in [0.5, 0.6) is 5.88 Å². The molecule has 0 unspecified atom stereocenters. The van der Waals surface area contributed by atoms with Crippen LogP contribution in [0.15, 0.2) is 58.0 Å². The summed E-state index contributed by atoms with van der Waals surface area (Å²) < 4.78 is 36.2. The first-order chi connectivity index (χ1) is 19.9. The van der Waals surface area contributed by atoms with E-state index in [0.29, 0.717) is 45.0 Å². The molecule has 1 atom stereocenters. The van der Waals surface area contributed by atoms with Gasteiger partial charge in [-0.05, 0) is 37.6 Å². The van der Waals surface area contributed by atoms with E-state index < -0.39 is 15.7 Å². The quantitative estimate of drug-likeness (QED) is 0.130. The lowest BCUT2D eigenvalue weighted by atomic mass is 10.1. The summed E-state index contributed by atoms with van der Waals surface area (Å²) in [6.45, 7) is 2.11. The van der Waals surface area contributed by atoms with Crippen molar-refractivity contribution in [1.29, 1.82) is 0 Å². The number of nitrogens with one attached hydrogen (secondary N) is 2. The van der Waals surface area contributed by atoms with Crippen molar-refractivity contribution in [3.63, 3.8) is 0 Å². The van der Waals surface area contributed by atoms with Gasteiger partial charge in [0.25, 0.3) is 5.91 Å². The molecular formula is C26H28N6O6S3. The van der Waals surface area contributed by atoms with Gasteiger partial charge in [-0.1, -0.05) is 28.6 Å². The Balaban J connectivity index is 1.34. The molecule has 216 valence electrons. The van der Waals surface area contributed by atoms with Crippen LogP contribution in [-0.4, -0.2) is 73.7 Å². The fourth-order valence-corrected chi connectivity index (χ4v) is 6.64. The molecule has 4 heterocycles. The summed E-state index contributed by atoms with van der Waals surface area (Å²) in [5, 5.41) is 12.9. The van der Waals surface area contributed by atoms with Gasteiger partial charge in [0, 0.05) is 43.5 Å². The standard InChI is InChI=1S/C26H28N6O6S3/c1-36-12-2-14-41(34,35)19-5-3-17(4-6-19)23(32-37-16-22-28-11-13-39-22)24(33)31-26-29-20-7-8-21(30-25(20)40-26)38-18-9-10-27-15-18/h3-8,11,13,18,27H,2,9-10,12,14-16H2,1H3,(H,29,31,33)/b32-23+/t18-/m0/s1. The zero-order valence-corrected chi connectivity index (χ0v) is 24.6. The SMILES string of the molecule is COCCCS(=O)(=O)c1ccc(/C(=N\OCc2nccs2)C(=O)Nc2nc3ccc(O[C@H]4CCNC4)nc3s2)cc1. The zero-order chi connectivity index (χ0) is 28.7. The molecule has 2 N–H and O–H groups in total. The van der Waals surface area contributed by atoms with E-state index in [-0.39, 0.29) is 29.1 Å². The number of aromatic nitrogens is 3. The van der Waals surface area contributed by atoms with E-state index in [9.17, 15) is 13.2 Å². The second-order valence-electron chi connectivity index (χ2n) is 9.01. The van der Waals surface area contributed by atoms with Gasteiger partial charge in [0.05, 0.1) is 10.6 Å². The minimum absolute atomic E-state index is 0.0464. The number of hydrogen-bond donors (Lipinski definition) is 2. The van der Waals surface area contributed by atoms with Crippen molar-refractivity contribution in [2.45, 2.75) is 30.4 Å². The third-order valence-corrected chi connectivity index (χ3v) is 9.49. The number of rotatable bonds is 13. The predicted octanol–water partition coefficient (Wildman–Crippen LogP) is 3.26. The highest BCUT2D eigenvalue weighted by molar-refractivity contribution is 7.91. The van der Waals surface area contributed by atoms with E-state index in [2.05, 4.69) is 30.7 Å². The molecule has 1 saturated heterocycles. The van der Waals surface area contributed by atoms with E-state index in [0.717, 1.165) is 19.5 Å². The molecule has 0 saturated carbocycles. The zero-order valence-electron chi connectivity index (χ0n) is 22.1. The first-order valence-corrected chi connectivity index (χ1v) is 16.1. The first-order valence-electron chi connectivity index (χ1n) is 12.8. The van der Waals surface area contributed by atoms with Gasteiger partial charge in [-0.3, -0.25) is 10.1 Å². The molecule has 15 heteroatoms. The van der Waals surface area contributed by atoms with Gasteiger partial charge in [-0.25, -0.2) is 23.4 Å². The highest BCUT2D eigenvalue weighted by Gasteiger charge is 2.21. The molecule has 0 radical (unpaired) electrons. The summed E-state index contributed by atoms with van der Waals surface area (Å²) in [5.74, 6) is -0.121. The van der Waals surface area contributed by atoms with Crippen LogP contribution >= 0.6 is 22.7 Å². The molecule has 4 aromatic rings. The van der Waals surface area contributed by atoms with Crippen molar-refractivity contribution >= 4 is 59.6 Å². The predicted molar refractivity (Wildman–Crippen MR) is 156 cm³/mol. The van der Waals surface area contributed by atoms with Crippen LogP contribution in [-0.2, 0) is 30.8 Å². The summed E-state index contributed by atoms with van der Waals surface area (Å²) in [6, 6.07) is 9.50. The Bertz CT molecular complexity index is 1600. The van der Waals surface area contributed by atoms with Crippen LogP contribution in [0.2, 0.25) is 0 Å². The minimum atomic E-state index is -3.50. The molecule has 1 aromatic carbocycles. The molecule has 3 aromatic heterocycles. The normalized spacial score (nSPS) is 15.7. The summed E-state index contributed by atoms with van der Waals surface area (Å²) >= 11 is 2.60. The molecule has 1 aliphatic heterocycles. The van der Waals surface area contributed by atoms with Gasteiger partial charge in [0.2, 0.25) is 5.88 Å². The van der Waals surface area contributed by atoms with Crippen molar-refractivity contribution in [1.82, 2.24) is 20.3 Å². The van der Waals surface area contributed by atoms with Crippen LogP contribution in [0.25, 0.3) is 10.3 Å². The molecule has 1 amide bonds. The van der Waals surface area contributed by atoms with Gasteiger partial charge in [0.15, 0.2) is 27.3 Å². The highest BCUT2D eigenvalue weighted by atomic mass is 32.2. The molecule has 12 nitrogen and oxygen atoms in total. The average Bonchev–Trinajstić information content (AvgIpc) is 3.74. The number of carbonyl (C=O) groups is 1. The number of amides is 1. The Morgan fingerprint density at radius 1 is 1.20 bits per heavy atom. The molecule has 1 aliphatic rings. The molecule has 0 spiro atoms. The number of ether oxygens (including phenoxy) is 2. The van der Waals surface area contributed by atoms with Crippen LogP contribution in [0, 0.1) is 0 Å². The van der Waals surface area contributed by atoms with Crippen molar-refractivity contribution in [3.8, 4) is 5.88 Å². The van der Waals surface area contributed by atoms with Crippen LogP contribution in [0.4, 0.5) is 5.13 Å². The number of nitrogens with zero attached hydrogens (tertiary/aromatic N) is 4. The monoisotopic (exact) mass is 616 g/mol. The van der Waals surface area contributed by atoms with E-state index in [1.54, 1.807) is 18.3 Å². The second-order valence-corrected chi connectivity index (χ2v) is 13.1. The van der Waals surface area contributed by atoms with Gasteiger partial charge < -0.3 is 19.6 Å². The smallest absolute Gasteiger partial charge is 0.280 e.